The van der Waals surface area contributed by atoms with Crippen molar-refractivity contribution in [3.63, 3.8) is 0 Å². The quantitative estimate of drug-likeness (QED) is 0.120. The van der Waals surface area contributed by atoms with Gasteiger partial charge in [0.25, 0.3) is 6.71 Å². The van der Waals surface area contributed by atoms with Gasteiger partial charge < -0.3 is 14.7 Å². The fourth-order valence-electron chi connectivity index (χ4n) is 10.8. The second-order valence-corrected chi connectivity index (χ2v) is 20.6. The van der Waals surface area contributed by atoms with Gasteiger partial charge >= 0.3 is 0 Å². The van der Waals surface area contributed by atoms with Crippen LogP contribution in [0.1, 0.15) is 101 Å². The first-order chi connectivity index (χ1) is 34.0. The van der Waals surface area contributed by atoms with Gasteiger partial charge in [-0.25, -0.2) is 0 Å². The molecule has 0 radical (unpaired) electrons. The molecule has 0 spiro atoms. The highest BCUT2D eigenvalue weighted by Crippen LogP contribution is 2.50. The van der Waals surface area contributed by atoms with Gasteiger partial charge in [0.1, 0.15) is 0 Å². The van der Waals surface area contributed by atoms with Crippen molar-refractivity contribution in [1.29, 1.82) is 0 Å². The lowest BCUT2D eigenvalue weighted by atomic mass is 9.33. The summed E-state index contributed by atoms with van der Waals surface area (Å²) in [6.45, 7) is 18.4. The molecule has 2 aliphatic heterocycles. The first-order valence-corrected chi connectivity index (χ1v) is 25.4. The average Bonchev–Trinajstić information content (AvgIpc) is 3.39. The van der Waals surface area contributed by atoms with E-state index in [1.807, 2.05) is 0 Å². The molecule has 9 aromatic rings. The summed E-state index contributed by atoms with van der Waals surface area (Å²) in [6.07, 6.45) is 0. The van der Waals surface area contributed by atoms with Gasteiger partial charge in [-0.15, -0.1) is 0 Å². The zero-order valence-corrected chi connectivity index (χ0v) is 41.9. The number of nitrogens with zero attached hydrogens (tertiary/aromatic N) is 3. The van der Waals surface area contributed by atoms with E-state index in [1.54, 1.807) is 0 Å². The van der Waals surface area contributed by atoms with Crippen LogP contribution in [-0.4, -0.2) is 6.71 Å². The maximum Gasteiger partial charge on any atom is 0.252 e. The molecule has 0 saturated heterocycles. The van der Waals surface area contributed by atoms with Gasteiger partial charge in [0.2, 0.25) is 0 Å². The molecule has 0 fully saturated rings. The Morgan fingerprint density at radius 1 is 0.343 bits per heavy atom. The summed E-state index contributed by atoms with van der Waals surface area (Å²) in [4.78, 5) is 7.68. The van der Waals surface area contributed by atoms with Crippen LogP contribution in [0, 0.1) is 0 Å². The Morgan fingerprint density at radius 3 is 1.29 bits per heavy atom. The van der Waals surface area contributed by atoms with E-state index in [0.29, 0.717) is 23.7 Å². The minimum Gasteiger partial charge on any atom is -0.311 e. The van der Waals surface area contributed by atoms with E-state index < -0.39 is 0 Å². The molecule has 9 aromatic carbocycles. The van der Waals surface area contributed by atoms with E-state index in [9.17, 15) is 0 Å². The molecule has 0 bridgehead atoms. The Morgan fingerprint density at radius 2 is 0.786 bits per heavy atom. The zero-order chi connectivity index (χ0) is 48.2. The molecule has 0 unspecified atom stereocenters. The van der Waals surface area contributed by atoms with Crippen LogP contribution in [0.5, 0.6) is 0 Å². The third kappa shape index (κ3) is 8.00. The standard InChI is InChI=1S/C66H62BN3/c1-43(2)47-26-32-54(33-27-47)69-62-39-51(45(5)6)30-36-59(62)67-60-37-31-52(46(7)8)40-63(60)70(55-34-28-48(29-35-55)44(3)4)65-42-57(41-64(69)66(65)67)68(56-23-17-22-53(38-56)49-18-11-9-12-19-49)61-25-16-15-24-58(61)50-20-13-10-14-21-50/h9-46H,1-8H3. The van der Waals surface area contributed by atoms with Crippen molar-refractivity contribution >= 4 is 74.3 Å². The molecular weight excluding hydrogens is 846 g/mol. The minimum absolute atomic E-state index is 0.00434. The van der Waals surface area contributed by atoms with Crippen LogP contribution in [0.15, 0.2) is 206 Å². The fourth-order valence-corrected chi connectivity index (χ4v) is 10.8. The number of anilines is 9. The summed E-state index contributed by atoms with van der Waals surface area (Å²) < 4.78 is 0. The van der Waals surface area contributed by atoms with Gasteiger partial charge in [-0.2, -0.15) is 0 Å². The van der Waals surface area contributed by atoms with E-state index in [2.05, 4.69) is 276 Å². The van der Waals surface area contributed by atoms with Crippen molar-refractivity contribution in [3.05, 3.63) is 229 Å². The second-order valence-electron chi connectivity index (χ2n) is 20.6. The van der Waals surface area contributed by atoms with Crippen LogP contribution in [0.25, 0.3) is 22.3 Å². The molecule has 2 aliphatic rings. The maximum absolute atomic E-state index is 2.58. The Kier molecular flexibility index (Phi) is 11.8. The van der Waals surface area contributed by atoms with E-state index in [1.165, 1.54) is 83.6 Å². The molecule has 2 heterocycles. The third-order valence-corrected chi connectivity index (χ3v) is 14.8. The predicted molar refractivity (Wildman–Crippen MR) is 302 cm³/mol. The summed E-state index contributed by atoms with van der Waals surface area (Å²) in [6, 6.07) is 78.0. The lowest BCUT2D eigenvalue weighted by Crippen LogP contribution is -2.61. The van der Waals surface area contributed by atoms with Crippen molar-refractivity contribution in [2.75, 3.05) is 14.7 Å². The van der Waals surface area contributed by atoms with Crippen molar-refractivity contribution in [2.45, 2.75) is 79.1 Å². The van der Waals surface area contributed by atoms with E-state index in [-0.39, 0.29) is 6.71 Å². The third-order valence-electron chi connectivity index (χ3n) is 14.8. The zero-order valence-electron chi connectivity index (χ0n) is 41.9. The lowest BCUT2D eigenvalue weighted by molar-refractivity contribution is 0.865. The molecular formula is C66H62BN3. The fraction of sp³-hybridized carbons (Fsp3) is 0.182. The Hall–Kier alpha value is -7.56. The molecule has 4 heteroatoms. The molecule has 3 nitrogen and oxygen atoms in total. The molecule has 0 aromatic heterocycles. The molecule has 0 saturated carbocycles. The summed E-state index contributed by atoms with van der Waals surface area (Å²) in [5, 5.41) is 0. The topological polar surface area (TPSA) is 9.72 Å². The largest absolute Gasteiger partial charge is 0.311 e. The number of hydrogen-bond donors (Lipinski definition) is 0. The Bertz CT molecular complexity index is 3200. The second kappa shape index (κ2) is 18.4. The van der Waals surface area contributed by atoms with Crippen LogP contribution in [0.3, 0.4) is 0 Å². The SMILES string of the molecule is CC(C)c1ccc(N2c3cc(C(C)C)ccc3B3c4ccc(C(C)C)cc4N(c4ccc(C(C)C)cc4)c4cc(N(c5cccc(-c6ccccc6)c5)c5ccccc5-c5ccccc5)cc2c43)cc1. The molecule has 344 valence electrons. The van der Waals surface area contributed by atoms with Crippen molar-refractivity contribution < 1.29 is 0 Å². The van der Waals surface area contributed by atoms with Crippen molar-refractivity contribution in [3.8, 4) is 22.3 Å². The number of para-hydroxylation sites is 1. The normalized spacial score (nSPS) is 12.7. The first kappa shape index (κ1) is 44.9. The van der Waals surface area contributed by atoms with Gasteiger partial charge in [0, 0.05) is 45.4 Å². The van der Waals surface area contributed by atoms with E-state index >= 15 is 0 Å². The molecule has 70 heavy (non-hydrogen) atoms. The average molecular weight is 908 g/mol. The first-order valence-electron chi connectivity index (χ1n) is 25.4. The number of fused-ring (bicyclic) bond motifs is 4. The van der Waals surface area contributed by atoms with Gasteiger partial charge in [0.05, 0.1) is 11.4 Å². The summed E-state index contributed by atoms with van der Waals surface area (Å²) in [7, 11) is 0. The number of rotatable bonds is 11. The van der Waals surface area contributed by atoms with Crippen LogP contribution in [-0.2, 0) is 0 Å². The van der Waals surface area contributed by atoms with Crippen molar-refractivity contribution in [2.24, 2.45) is 0 Å². The van der Waals surface area contributed by atoms with Crippen LogP contribution >= 0.6 is 0 Å². The van der Waals surface area contributed by atoms with Crippen LogP contribution in [0.2, 0.25) is 0 Å². The maximum atomic E-state index is 2.58. The minimum atomic E-state index is -0.00434. The number of benzene rings is 9. The number of hydrogen-bond acceptors (Lipinski definition) is 3. The molecule has 0 aliphatic carbocycles. The van der Waals surface area contributed by atoms with Crippen LogP contribution in [0.4, 0.5) is 51.2 Å². The molecule has 0 N–H and O–H groups in total. The monoisotopic (exact) mass is 908 g/mol. The molecule has 0 amide bonds. The van der Waals surface area contributed by atoms with E-state index in [4.69, 9.17) is 0 Å². The van der Waals surface area contributed by atoms with Gasteiger partial charge in [-0.3, -0.25) is 0 Å². The Balaban J connectivity index is 1.27. The van der Waals surface area contributed by atoms with E-state index in [0.717, 1.165) is 28.4 Å². The van der Waals surface area contributed by atoms with Crippen molar-refractivity contribution in [1.82, 2.24) is 0 Å². The molecule has 11 rings (SSSR count). The highest BCUT2D eigenvalue weighted by Gasteiger charge is 2.44. The Labute approximate surface area is 416 Å². The summed E-state index contributed by atoms with van der Waals surface area (Å²) in [5.41, 5.74) is 24.4. The van der Waals surface area contributed by atoms with Gasteiger partial charge in [-0.1, -0.05) is 195 Å². The smallest absolute Gasteiger partial charge is 0.252 e. The summed E-state index contributed by atoms with van der Waals surface area (Å²) >= 11 is 0. The van der Waals surface area contributed by atoms with Gasteiger partial charge in [0.15, 0.2) is 0 Å². The van der Waals surface area contributed by atoms with Crippen LogP contribution < -0.4 is 31.1 Å². The molecule has 0 atom stereocenters. The highest BCUT2D eigenvalue weighted by molar-refractivity contribution is 7.00. The summed E-state index contributed by atoms with van der Waals surface area (Å²) in [5.74, 6) is 1.56. The lowest BCUT2D eigenvalue weighted by Gasteiger charge is -2.45. The predicted octanol–water partition coefficient (Wildman–Crippen LogP) is 17.1. The highest BCUT2D eigenvalue weighted by atomic mass is 15.2. The van der Waals surface area contributed by atoms with Gasteiger partial charge in [-0.05, 0) is 146 Å².